The lowest BCUT2D eigenvalue weighted by atomic mass is 10.1. The summed E-state index contributed by atoms with van der Waals surface area (Å²) in [7, 11) is 0. The molecule has 0 aliphatic rings. The van der Waals surface area contributed by atoms with Crippen LogP contribution >= 0.6 is 12.4 Å². The summed E-state index contributed by atoms with van der Waals surface area (Å²) in [5, 5.41) is 3.48. The lowest BCUT2D eigenvalue weighted by molar-refractivity contribution is 0.269. The zero-order chi connectivity index (χ0) is 14.4. The van der Waals surface area contributed by atoms with Gasteiger partial charge in [0.15, 0.2) is 0 Å². The monoisotopic (exact) mass is 305 g/mol. The Hall–Kier alpha value is -1.51. The summed E-state index contributed by atoms with van der Waals surface area (Å²) in [6.07, 6.45) is 0. The number of hydrogen-bond acceptors (Lipinski definition) is 2. The molecule has 0 bridgehead atoms. The second-order valence-electron chi connectivity index (χ2n) is 5.30. The van der Waals surface area contributed by atoms with Crippen LogP contribution in [-0.2, 0) is 6.54 Å². The summed E-state index contributed by atoms with van der Waals surface area (Å²) in [5.41, 5.74) is 3.69. The Balaban J connectivity index is 0.00000220. The van der Waals surface area contributed by atoms with Crippen molar-refractivity contribution < 1.29 is 4.74 Å². The van der Waals surface area contributed by atoms with Crippen molar-refractivity contribution in [3.05, 3.63) is 65.2 Å². The summed E-state index contributed by atoms with van der Waals surface area (Å²) >= 11 is 0. The van der Waals surface area contributed by atoms with Crippen LogP contribution in [0.15, 0.2) is 48.5 Å². The summed E-state index contributed by atoms with van der Waals surface area (Å²) in [5.74, 6) is 1.01. The normalized spacial score (nSPS) is 11.6. The summed E-state index contributed by atoms with van der Waals surface area (Å²) in [4.78, 5) is 0. The third-order valence-corrected chi connectivity index (χ3v) is 3.38. The Morgan fingerprint density at radius 1 is 0.952 bits per heavy atom. The van der Waals surface area contributed by atoms with Gasteiger partial charge >= 0.3 is 0 Å². The molecule has 2 rings (SSSR count). The lowest BCUT2D eigenvalue weighted by Gasteiger charge is -2.17. The SMILES string of the molecule is Cc1cccc(C)c1OCC(C)NCc1ccccc1.Cl. The van der Waals surface area contributed by atoms with Gasteiger partial charge in [-0.2, -0.15) is 0 Å². The van der Waals surface area contributed by atoms with Crippen LogP contribution in [0.25, 0.3) is 0 Å². The van der Waals surface area contributed by atoms with E-state index < -0.39 is 0 Å². The number of benzene rings is 2. The van der Waals surface area contributed by atoms with E-state index in [1.165, 1.54) is 16.7 Å². The first kappa shape index (κ1) is 17.5. The van der Waals surface area contributed by atoms with Gasteiger partial charge in [0.1, 0.15) is 12.4 Å². The van der Waals surface area contributed by atoms with Gasteiger partial charge in [-0.3, -0.25) is 0 Å². The highest BCUT2D eigenvalue weighted by atomic mass is 35.5. The van der Waals surface area contributed by atoms with E-state index in [1.54, 1.807) is 0 Å². The number of rotatable bonds is 6. The van der Waals surface area contributed by atoms with Crippen LogP contribution in [-0.4, -0.2) is 12.6 Å². The minimum atomic E-state index is 0. The van der Waals surface area contributed by atoms with Crippen LogP contribution in [0, 0.1) is 13.8 Å². The molecule has 0 aliphatic heterocycles. The predicted molar refractivity (Wildman–Crippen MR) is 91.4 cm³/mol. The van der Waals surface area contributed by atoms with E-state index in [2.05, 4.69) is 68.6 Å². The fourth-order valence-electron chi connectivity index (χ4n) is 2.18. The molecule has 0 heterocycles. The van der Waals surface area contributed by atoms with Crippen molar-refractivity contribution in [2.24, 2.45) is 0 Å². The number of halogens is 1. The molecule has 0 radical (unpaired) electrons. The molecule has 0 aromatic heterocycles. The molecular formula is C18H24ClNO. The third kappa shape index (κ3) is 5.41. The molecule has 0 spiro atoms. The molecule has 3 heteroatoms. The number of aryl methyl sites for hydroxylation is 2. The highest BCUT2D eigenvalue weighted by Gasteiger charge is 2.06. The van der Waals surface area contributed by atoms with Gasteiger partial charge in [-0.1, -0.05) is 48.5 Å². The van der Waals surface area contributed by atoms with Crippen LogP contribution < -0.4 is 10.1 Å². The van der Waals surface area contributed by atoms with E-state index >= 15 is 0 Å². The van der Waals surface area contributed by atoms with E-state index in [9.17, 15) is 0 Å². The molecule has 0 saturated carbocycles. The van der Waals surface area contributed by atoms with Gasteiger partial charge in [0.05, 0.1) is 0 Å². The molecule has 1 unspecified atom stereocenters. The van der Waals surface area contributed by atoms with Crippen molar-refractivity contribution in [2.75, 3.05) is 6.61 Å². The van der Waals surface area contributed by atoms with E-state index in [1.807, 2.05) is 6.07 Å². The van der Waals surface area contributed by atoms with Crippen molar-refractivity contribution in [1.82, 2.24) is 5.32 Å². The first-order chi connectivity index (χ1) is 9.66. The number of nitrogens with one attached hydrogen (secondary N) is 1. The summed E-state index contributed by atoms with van der Waals surface area (Å²) in [6.45, 7) is 7.88. The maximum atomic E-state index is 5.96. The van der Waals surface area contributed by atoms with Crippen molar-refractivity contribution in [2.45, 2.75) is 33.4 Å². The second kappa shape index (κ2) is 8.71. The van der Waals surface area contributed by atoms with E-state index in [0.717, 1.165) is 12.3 Å². The van der Waals surface area contributed by atoms with E-state index in [0.29, 0.717) is 12.6 Å². The van der Waals surface area contributed by atoms with E-state index in [4.69, 9.17) is 4.74 Å². The Labute approximate surface area is 133 Å². The van der Waals surface area contributed by atoms with Gasteiger partial charge in [0, 0.05) is 12.6 Å². The predicted octanol–water partition coefficient (Wildman–Crippen LogP) is 4.28. The molecular weight excluding hydrogens is 282 g/mol. The zero-order valence-corrected chi connectivity index (χ0v) is 13.7. The maximum Gasteiger partial charge on any atom is 0.125 e. The molecule has 2 aromatic carbocycles. The van der Waals surface area contributed by atoms with E-state index in [-0.39, 0.29) is 12.4 Å². The summed E-state index contributed by atoms with van der Waals surface area (Å²) in [6, 6.07) is 17.0. The Kier molecular flexibility index (Phi) is 7.27. The maximum absolute atomic E-state index is 5.96. The largest absolute Gasteiger partial charge is 0.491 e. The van der Waals surface area contributed by atoms with Crippen molar-refractivity contribution in [3.63, 3.8) is 0 Å². The topological polar surface area (TPSA) is 21.3 Å². The molecule has 0 amide bonds. The summed E-state index contributed by atoms with van der Waals surface area (Å²) < 4.78 is 5.96. The molecule has 1 atom stereocenters. The van der Waals surface area contributed by atoms with Crippen LogP contribution in [0.2, 0.25) is 0 Å². The quantitative estimate of drug-likeness (QED) is 0.860. The molecule has 2 aromatic rings. The molecule has 21 heavy (non-hydrogen) atoms. The fraction of sp³-hybridized carbons (Fsp3) is 0.333. The van der Waals surface area contributed by atoms with Gasteiger partial charge in [-0.05, 0) is 37.5 Å². The minimum Gasteiger partial charge on any atom is -0.491 e. The molecule has 0 saturated heterocycles. The fourth-order valence-corrected chi connectivity index (χ4v) is 2.18. The van der Waals surface area contributed by atoms with Gasteiger partial charge < -0.3 is 10.1 Å². The van der Waals surface area contributed by atoms with Crippen molar-refractivity contribution in [3.8, 4) is 5.75 Å². The minimum absolute atomic E-state index is 0. The average molecular weight is 306 g/mol. The van der Waals surface area contributed by atoms with Crippen LogP contribution in [0.5, 0.6) is 5.75 Å². The average Bonchev–Trinajstić information content (AvgIpc) is 2.46. The lowest BCUT2D eigenvalue weighted by Crippen LogP contribution is -2.31. The zero-order valence-electron chi connectivity index (χ0n) is 12.9. The Morgan fingerprint density at radius 2 is 1.57 bits per heavy atom. The standard InChI is InChI=1S/C18H23NO.ClH/c1-14-8-7-9-15(2)18(14)20-13-16(3)19-12-17-10-5-4-6-11-17;/h4-11,16,19H,12-13H2,1-3H3;1H. The van der Waals surface area contributed by atoms with Crippen molar-refractivity contribution in [1.29, 1.82) is 0 Å². The highest BCUT2D eigenvalue weighted by molar-refractivity contribution is 5.85. The molecule has 0 fully saturated rings. The van der Waals surface area contributed by atoms with Crippen LogP contribution in [0.4, 0.5) is 0 Å². The first-order valence-corrected chi connectivity index (χ1v) is 7.13. The molecule has 2 nitrogen and oxygen atoms in total. The number of ether oxygens (including phenoxy) is 1. The van der Waals surface area contributed by atoms with Crippen LogP contribution in [0.3, 0.4) is 0 Å². The Morgan fingerprint density at radius 3 is 2.19 bits per heavy atom. The van der Waals surface area contributed by atoms with Gasteiger partial charge in [0.2, 0.25) is 0 Å². The van der Waals surface area contributed by atoms with Gasteiger partial charge in [-0.15, -0.1) is 12.4 Å². The van der Waals surface area contributed by atoms with Crippen molar-refractivity contribution >= 4 is 12.4 Å². The molecule has 0 aliphatic carbocycles. The third-order valence-electron chi connectivity index (χ3n) is 3.38. The van der Waals surface area contributed by atoms with Gasteiger partial charge in [-0.25, -0.2) is 0 Å². The highest BCUT2D eigenvalue weighted by Crippen LogP contribution is 2.22. The smallest absolute Gasteiger partial charge is 0.125 e. The molecule has 1 N–H and O–H groups in total. The first-order valence-electron chi connectivity index (χ1n) is 7.13. The molecule has 114 valence electrons. The van der Waals surface area contributed by atoms with Gasteiger partial charge in [0.25, 0.3) is 0 Å². The Bertz CT molecular complexity index is 522. The van der Waals surface area contributed by atoms with Crippen LogP contribution in [0.1, 0.15) is 23.6 Å². The number of para-hydroxylation sites is 1. The number of hydrogen-bond donors (Lipinski definition) is 1. The second-order valence-corrected chi connectivity index (χ2v) is 5.30.